The summed E-state index contributed by atoms with van der Waals surface area (Å²) >= 11 is 0. The molecule has 0 unspecified atom stereocenters. The Balaban J connectivity index is 1.42. The predicted octanol–water partition coefficient (Wildman–Crippen LogP) is 3.42. The summed E-state index contributed by atoms with van der Waals surface area (Å²) in [5, 5.41) is 8.14. The van der Waals surface area contributed by atoms with Gasteiger partial charge in [-0.15, -0.1) is 5.10 Å². The lowest BCUT2D eigenvalue weighted by Crippen LogP contribution is -2.35. The van der Waals surface area contributed by atoms with Crippen molar-refractivity contribution in [1.82, 2.24) is 15.1 Å². The van der Waals surface area contributed by atoms with Gasteiger partial charge in [-0.25, -0.2) is 0 Å². The van der Waals surface area contributed by atoms with Crippen molar-refractivity contribution in [2.75, 3.05) is 38.2 Å². The molecule has 1 aliphatic rings. The van der Waals surface area contributed by atoms with Crippen molar-refractivity contribution in [3.63, 3.8) is 0 Å². The number of anilines is 1. The van der Waals surface area contributed by atoms with Gasteiger partial charge in [0.15, 0.2) is 17.3 Å². The largest absolute Gasteiger partial charge is 0.493 e. The number of hydrogen-bond donors (Lipinski definition) is 0. The maximum atomic E-state index is 13.1. The van der Waals surface area contributed by atoms with E-state index in [2.05, 4.69) is 15.1 Å². The van der Waals surface area contributed by atoms with Crippen LogP contribution < -0.4 is 14.4 Å². The van der Waals surface area contributed by atoms with Gasteiger partial charge in [0.05, 0.1) is 7.11 Å². The number of nitrogens with zero attached hydrogens (tertiary/aromatic N) is 4. The molecule has 0 spiro atoms. The summed E-state index contributed by atoms with van der Waals surface area (Å²) in [7, 11) is 1.59. The fraction of sp³-hybridized carbons (Fsp3) is 0.292. The van der Waals surface area contributed by atoms with Gasteiger partial charge in [-0.3, -0.25) is 4.79 Å². The molecule has 1 amide bonds. The molecule has 0 atom stereocenters. The summed E-state index contributed by atoms with van der Waals surface area (Å²) in [6.07, 6.45) is 2.54. The first-order valence-electron chi connectivity index (χ1n) is 10.4. The Bertz CT molecular complexity index is 998. The summed E-state index contributed by atoms with van der Waals surface area (Å²) in [4.78, 5) is 17.2. The van der Waals surface area contributed by atoms with Crippen LogP contribution in [0.25, 0.3) is 0 Å². The van der Waals surface area contributed by atoms with E-state index in [9.17, 15) is 4.79 Å². The van der Waals surface area contributed by atoms with Gasteiger partial charge >= 0.3 is 0 Å². The minimum Gasteiger partial charge on any atom is -0.493 e. The first-order valence-corrected chi connectivity index (χ1v) is 10.4. The Morgan fingerprint density at radius 1 is 0.968 bits per heavy atom. The molecule has 0 aliphatic carbocycles. The first-order chi connectivity index (χ1) is 15.2. The molecule has 1 saturated heterocycles. The summed E-state index contributed by atoms with van der Waals surface area (Å²) in [6.45, 7) is 3.33. The zero-order valence-electron chi connectivity index (χ0n) is 17.6. The van der Waals surface area contributed by atoms with Crippen LogP contribution in [0.4, 0.5) is 5.82 Å². The molecule has 160 valence electrons. The van der Waals surface area contributed by atoms with Gasteiger partial charge in [0.25, 0.3) is 5.91 Å². The van der Waals surface area contributed by atoms with E-state index in [1.165, 1.54) is 0 Å². The van der Waals surface area contributed by atoms with Crippen LogP contribution >= 0.6 is 0 Å². The van der Waals surface area contributed by atoms with Crippen molar-refractivity contribution in [3.05, 3.63) is 78.0 Å². The molecule has 7 nitrogen and oxygen atoms in total. The van der Waals surface area contributed by atoms with Gasteiger partial charge < -0.3 is 19.3 Å². The van der Waals surface area contributed by atoms with E-state index in [4.69, 9.17) is 9.47 Å². The second-order valence-electron chi connectivity index (χ2n) is 7.35. The van der Waals surface area contributed by atoms with Gasteiger partial charge in [-0.05, 0) is 42.3 Å². The SMILES string of the molecule is COc1cc(C(=O)N2CCCN(c3cccnn3)CC2)ccc1OCc1ccccc1. The Labute approximate surface area is 182 Å². The molecule has 0 N–H and O–H groups in total. The van der Waals surface area contributed by atoms with Gasteiger partial charge in [0.1, 0.15) is 6.61 Å². The molecular weight excluding hydrogens is 392 g/mol. The van der Waals surface area contributed by atoms with E-state index < -0.39 is 0 Å². The molecule has 31 heavy (non-hydrogen) atoms. The highest BCUT2D eigenvalue weighted by Crippen LogP contribution is 2.29. The smallest absolute Gasteiger partial charge is 0.254 e. The number of benzene rings is 2. The second-order valence-corrected chi connectivity index (χ2v) is 7.35. The number of methoxy groups -OCH3 is 1. The number of carbonyl (C=O) groups is 1. The van der Waals surface area contributed by atoms with Gasteiger partial charge in [-0.2, -0.15) is 5.10 Å². The third-order valence-electron chi connectivity index (χ3n) is 5.31. The van der Waals surface area contributed by atoms with Crippen molar-refractivity contribution in [1.29, 1.82) is 0 Å². The van der Waals surface area contributed by atoms with Crippen LogP contribution in [-0.2, 0) is 6.61 Å². The predicted molar refractivity (Wildman–Crippen MR) is 119 cm³/mol. The summed E-state index contributed by atoms with van der Waals surface area (Å²) in [5.41, 5.74) is 1.67. The average Bonchev–Trinajstić information content (AvgIpc) is 3.10. The Hall–Kier alpha value is -3.61. The third kappa shape index (κ3) is 5.12. The highest BCUT2D eigenvalue weighted by Gasteiger charge is 2.22. The van der Waals surface area contributed by atoms with Gasteiger partial charge in [0.2, 0.25) is 0 Å². The lowest BCUT2D eigenvalue weighted by Gasteiger charge is -2.22. The molecule has 3 aromatic rings. The van der Waals surface area contributed by atoms with Crippen LogP contribution in [0.1, 0.15) is 22.3 Å². The summed E-state index contributed by atoms with van der Waals surface area (Å²) in [5.74, 6) is 2.01. The molecule has 0 bridgehead atoms. The maximum Gasteiger partial charge on any atom is 0.254 e. The van der Waals surface area contributed by atoms with Crippen LogP contribution in [-0.4, -0.2) is 54.3 Å². The van der Waals surface area contributed by atoms with Crippen molar-refractivity contribution in [2.24, 2.45) is 0 Å². The van der Waals surface area contributed by atoms with Crippen LogP contribution in [0.3, 0.4) is 0 Å². The maximum absolute atomic E-state index is 13.1. The van der Waals surface area contributed by atoms with Crippen molar-refractivity contribution in [3.8, 4) is 11.5 Å². The summed E-state index contributed by atoms with van der Waals surface area (Å²) < 4.78 is 11.4. The van der Waals surface area contributed by atoms with E-state index in [1.54, 1.807) is 31.5 Å². The molecular formula is C24H26N4O3. The van der Waals surface area contributed by atoms with E-state index in [1.807, 2.05) is 47.4 Å². The quantitative estimate of drug-likeness (QED) is 0.611. The van der Waals surface area contributed by atoms with Crippen LogP contribution in [0.2, 0.25) is 0 Å². The Morgan fingerprint density at radius 3 is 2.61 bits per heavy atom. The van der Waals surface area contributed by atoms with Crippen LogP contribution in [0, 0.1) is 0 Å². The van der Waals surface area contributed by atoms with Gasteiger partial charge in [-0.1, -0.05) is 30.3 Å². The topological polar surface area (TPSA) is 67.8 Å². The number of aromatic nitrogens is 2. The molecule has 1 aromatic heterocycles. The lowest BCUT2D eigenvalue weighted by atomic mass is 10.1. The van der Waals surface area contributed by atoms with Crippen LogP contribution in [0.5, 0.6) is 11.5 Å². The number of ether oxygens (including phenoxy) is 2. The van der Waals surface area contributed by atoms with Crippen molar-refractivity contribution >= 4 is 11.7 Å². The average molecular weight is 418 g/mol. The van der Waals surface area contributed by atoms with E-state index >= 15 is 0 Å². The van der Waals surface area contributed by atoms with Crippen molar-refractivity contribution < 1.29 is 14.3 Å². The van der Waals surface area contributed by atoms with E-state index in [0.29, 0.717) is 36.8 Å². The highest BCUT2D eigenvalue weighted by atomic mass is 16.5. The van der Waals surface area contributed by atoms with E-state index in [0.717, 1.165) is 30.9 Å². The number of hydrogen-bond acceptors (Lipinski definition) is 6. The zero-order chi connectivity index (χ0) is 21.5. The molecule has 0 radical (unpaired) electrons. The Kier molecular flexibility index (Phi) is 6.62. The molecule has 0 saturated carbocycles. The third-order valence-corrected chi connectivity index (χ3v) is 5.31. The second kappa shape index (κ2) is 9.93. The fourth-order valence-corrected chi connectivity index (χ4v) is 3.65. The molecule has 7 heteroatoms. The monoisotopic (exact) mass is 418 g/mol. The standard InChI is InChI=1S/C24H26N4O3/c1-30-22-17-20(10-11-21(22)31-18-19-7-3-2-4-8-19)24(29)28-14-6-13-27(15-16-28)23-9-5-12-25-26-23/h2-5,7-12,17H,6,13-16,18H2,1H3. The molecule has 2 aromatic carbocycles. The normalized spacial score (nSPS) is 14.1. The Morgan fingerprint density at radius 2 is 1.84 bits per heavy atom. The number of amides is 1. The first kappa shape index (κ1) is 20.7. The fourth-order valence-electron chi connectivity index (χ4n) is 3.65. The van der Waals surface area contributed by atoms with Crippen molar-refractivity contribution in [2.45, 2.75) is 13.0 Å². The molecule has 1 fully saturated rings. The number of carbonyl (C=O) groups excluding carboxylic acids is 1. The minimum atomic E-state index is -0.00564. The highest BCUT2D eigenvalue weighted by molar-refractivity contribution is 5.95. The number of rotatable bonds is 6. The zero-order valence-corrected chi connectivity index (χ0v) is 17.6. The molecule has 1 aliphatic heterocycles. The molecule has 4 rings (SSSR count). The van der Waals surface area contributed by atoms with Crippen LogP contribution in [0.15, 0.2) is 66.9 Å². The minimum absolute atomic E-state index is 0.00564. The van der Waals surface area contributed by atoms with E-state index in [-0.39, 0.29) is 5.91 Å². The lowest BCUT2D eigenvalue weighted by molar-refractivity contribution is 0.0766. The summed E-state index contributed by atoms with van der Waals surface area (Å²) in [6, 6.07) is 19.1. The molecule has 2 heterocycles. The van der Waals surface area contributed by atoms with Gasteiger partial charge in [0, 0.05) is 37.9 Å².